The number of rotatable bonds is 8. The van der Waals surface area contributed by atoms with Crippen LogP contribution in [0.5, 0.6) is 0 Å². The van der Waals surface area contributed by atoms with Gasteiger partial charge in [-0.1, -0.05) is 0 Å². The first-order valence-corrected chi connectivity index (χ1v) is 4.21. The third-order valence-corrected chi connectivity index (χ3v) is 1.29. The van der Waals surface area contributed by atoms with Gasteiger partial charge in [-0.2, -0.15) is 0 Å². The van der Waals surface area contributed by atoms with Crippen LogP contribution in [0.25, 0.3) is 0 Å². The van der Waals surface area contributed by atoms with Gasteiger partial charge in [0.2, 0.25) is 0 Å². The van der Waals surface area contributed by atoms with Crippen LogP contribution in [-0.4, -0.2) is 46.2 Å². The SMILES string of the molecule is CCOCCOCC(N)COC. The van der Waals surface area contributed by atoms with Crippen molar-refractivity contribution in [3.63, 3.8) is 0 Å². The quantitative estimate of drug-likeness (QED) is 0.531. The average molecular weight is 177 g/mol. The zero-order valence-corrected chi connectivity index (χ0v) is 7.91. The van der Waals surface area contributed by atoms with Gasteiger partial charge in [-0.05, 0) is 6.92 Å². The van der Waals surface area contributed by atoms with E-state index in [0.717, 1.165) is 6.61 Å². The molecule has 0 aliphatic carbocycles. The van der Waals surface area contributed by atoms with E-state index in [-0.39, 0.29) is 6.04 Å². The van der Waals surface area contributed by atoms with Crippen molar-refractivity contribution in [2.45, 2.75) is 13.0 Å². The zero-order valence-electron chi connectivity index (χ0n) is 7.91. The van der Waals surface area contributed by atoms with Crippen LogP contribution in [0.3, 0.4) is 0 Å². The lowest BCUT2D eigenvalue weighted by molar-refractivity contribution is 0.0369. The Bertz CT molecular complexity index is 90.4. The number of hydrogen-bond acceptors (Lipinski definition) is 4. The summed E-state index contributed by atoms with van der Waals surface area (Å²) in [5.74, 6) is 0. The van der Waals surface area contributed by atoms with Crippen molar-refractivity contribution in [3.8, 4) is 0 Å². The second-order valence-electron chi connectivity index (χ2n) is 2.49. The van der Waals surface area contributed by atoms with Crippen LogP contribution in [0.15, 0.2) is 0 Å². The van der Waals surface area contributed by atoms with Crippen molar-refractivity contribution < 1.29 is 14.2 Å². The number of nitrogens with two attached hydrogens (primary N) is 1. The van der Waals surface area contributed by atoms with Crippen molar-refractivity contribution >= 4 is 0 Å². The number of methoxy groups -OCH3 is 1. The van der Waals surface area contributed by atoms with Gasteiger partial charge in [0, 0.05) is 13.7 Å². The summed E-state index contributed by atoms with van der Waals surface area (Å²) in [6, 6.07) is -0.0309. The molecule has 0 radical (unpaired) electrons. The van der Waals surface area contributed by atoms with Gasteiger partial charge < -0.3 is 19.9 Å². The van der Waals surface area contributed by atoms with E-state index >= 15 is 0 Å². The average Bonchev–Trinajstić information content (AvgIpc) is 2.05. The molecular formula is C8H19NO3. The highest BCUT2D eigenvalue weighted by molar-refractivity contribution is 4.56. The van der Waals surface area contributed by atoms with E-state index in [4.69, 9.17) is 19.9 Å². The van der Waals surface area contributed by atoms with Crippen LogP contribution in [0, 0.1) is 0 Å². The van der Waals surface area contributed by atoms with Crippen molar-refractivity contribution in [2.75, 3.05) is 40.1 Å². The highest BCUT2D eigenvalue weighted by Crippen LogP contribution is 1.83. The van der Waals surface area contributed by atoms with Gasteiger partial charge in [0.15, 0.2) is 0 Å². The molecule has 0 saturated carbocycles. The third kappa shape index (κ3) is 7.94. The molecular weight excluding hydrogens is 158 g/mol. The van der Waals surface area contributed by atoms with E-state index in [1.54, 1.807) is 7.11 Å². The van der Waals surface area contributed by atoms with Crippen LogP contribution in [0.2, 0.25) is 0 Å². The molecule has 0 aromatic heterocycles. The molecule has 1 atom stereocenters. The fraction of sp³-hybridized carbons (Fsp3) is 1.00. The first-order chi connectivity index (χ1) is 5.81. The molecule has 0 amide bonds. The lowest BCUT2D eigenvalue weighted by Gasteiger charge is -2.10. The Morgan fingerprint density at radius 1 is 1.17 bits per heavy atom. The van der Waals surface area contributed by atoms with Gasteiger partial charge in [-0.25, -0.2) is 0 Å². The molecule has 0 saturated heterocycles. The second kappa shape index (κ2) is 8.93. The maximum Gasteiger partial charge on any atom is 0.0701 e. The second-order valence-corrected chi connectivity index (χ2v) is 2.49. The number of hydrogen-bond donors (Lipinski definition) is 1. The Morgan fingerprint density at radius 2 is 1.83 bits per heavy atom. The molecule has 0 aliphatic rings. The van der Waals surface area contributed by atoms with E-state index < -0.39 is 0 Å². The van der Waals surface area contributed by atoms with Crippen LogP contribution in [0.1, 0.15) is 6.92 Å². The summed E-state index contributed by atoms with van der Waals surface area (Å²) >= 11 is 0. The van der Waals surface area contributed by atoms with E-state index in [1.807, 2.05) is 6.92 Å². The highest BCUT2D eigenvalue weighted by Gasteiger charge is 2.00. The molecule has 1 unspecified atom stereocenters. The van der Waals surface area contributed by atoms with Gasteiger partial charge in [-0.15, -0.1) is 0 Å². The monoisotopic (exact) mass is 177 g/mol. The molecule has 0 aromatic rings. The first kappa shape index (κ1) is 11.8. The Balaban J connectivity index is 2.97. The summed E-state index contributed by atoms with van der Waals surface area (Å²) in [5, 5.41) is 0. The molecule has 4 nitrogen and oxygen atoms in total. The van der Waals surface area contributed by atoms with Crippen LogP contribution in [0.4, 0.5) is 0 Å². The van der Waals surface area contributed by atoms with Gasteiger partial charge in [-0.3, -0.25) is 0 Å². The Labute approximate surface area is 74.0 Å². The smallest absolute Gasteiger partial charge is 0.0701 e. The van der Waals surface area contributed by atoms with Crippen molar-refractivity contribution in [1.29, 1.82) is 0 Å². The van der Waals surface area contributed by atoms with E-state index in [9.17, 15) is 0 Å². The summed E-state index contributed by atoms with van der Waals surface area (Å²) in [7, 11) is 1.63. The molecule has 2 N–H and O–H groups in total. The van der Waals surface area contributed by atoms with Crippen LogP contribution in [-0.2, 0) is 14.2 Å². The predicted molar refractivity (Wildman–Crippen MR) is 47.2 cm³/mol. The Hall–Kier alpha value is -0.160. The van der Waals surface area contributed by atoms with Crippen LogP contribution < -0.4 is 5.73 Å². The van der Waals surface area contributed by atoms with Gasteiger partial charge >= 0.3 is 0 Å². The largest absolute Gasteiger partial charge is 0.383 e. The molecule has 0 aromatic carbocycles. The lowest BCUT2D eigenvalue weighted by Crippen LogP contribution is -2.31. The van der Waals surface area contributed by atoms with E-state index in [1.165, 1.54) is 0 Å². The van der Waals surface area contributed by atoms with Crippen LogP contribution >= 0.6 is 0 Å². The highest BCUT2D eigenvalue weighted by atomic mass is 16.5. The van der Waals surface area contributed by atoms with Crippen molar-refractivity contribution in [2.24, 2.45) is 5.73 Å². The van der Waals surface area contributed by atoms with Gasteiger partial charge in [0.25, 0.3) is 0 Å². The summed E-state index contributed by atoms with van der Waals surface area (Å²) in [4.78, 5) is 0. The molecule has 74 valence electrons. The summed E-state index contributed by atoms with van der Waals surface area (Å²) in [5.41, 5.74) is 5.61. The molecule has 0 aliphatic heterocycles. The van der Waals surface area contributed by atoms with Crippen molar-refractivity contribution in [1.82, 2.24) is 0 Å². The minimum absolute atomic E-state index is 0.0309. The molecule has 0 heterocycles. The zero-order chi connectivity index (χ0) is 9.23. The fourth-order valence-corrected chi connectivity index (χ4v) is 0.759. The predicted octanol–water partition coefficient (Wildman–Crippen LogP) is 0.0132. The summed E-state index contributed by atoms with van der Waals surface area (Å²) in [6.07, 6.45) is 0. The minimum Gasteiger partial charge on any atom is -0.383 e. The number of ether oxygens (including phenoxy) is 3. The molecule has 12 heavy (non-hydrogen) atoms. The third-order valence-electron chi connectivity index (χ3n) is 1.29. The fourth-order valence-electron chi connectivity index (χ4n) is 0.759. The maximum absolute atomic E-state index is 5.61. The minimum atomic E-state index is -0.0309. The lowest BCUT2D eigenvalue weighted by atomic mass is 10.4. The van der Waals surface area contributed by atoms with Crippen molar-refractivity contribution in [3.05, 3.63) is 0 Å². The normalized spacial score (nSPS) is 13.2. The topological polar surface area (TPSA) is 53.7 Å². The Morgan fingerprint density at radius 3 is 2.42 bits per heavy atom. The Kier molecular flexibility index (Phi) is 8.81. The standard InChI is InChI=1S/C8H19NO3/c1-3-11-4-5-12-7-8(9)6-10-2/h8H,3-7,9H2,1-2H3. The first-order valence-electron chi connectivity index (χ1n) is 4.21. The summed E-state index contributed by atoms with van der Waals surface area (Å²) < 4.78 is 15.1. The summed E-state index contributed by atoms with van der Waals surface area (Å²) in [6.45, 7) is 4.99. The van der Waals surface area contributed by atoms with E-state index in [0.29, 0.717) is 26.4 Å². The van der Waals surface area contributed by atoms with E-state index in [2.05, 4.69) is 0 Å². The van der Waals surface area contributed by atoms with Gasteiger partial charge in [0.1, 0.15) is 0 Å². The molecule has 0 rings (SSSR count). The molecule has 0 spiro atoms. The molecule has 0 bridgehead atoms. The molecule has 4 heteroatoms. The van der Waals surface area contributed by atoms with Gasteiger partial charge in [0.05, 0.1) is 32.5 Å². The maximum atomic E-state index is 5.61. The molecule has 0 fully saturated rings.